The quantitative estimate of drug-likeness (QED) is 0.810. The summed E-state index contributed by atoms with van der Waals surface area (Å²) in [5.74, 6) is -0.139. The molecule has 23 heavy (non-hydrogen) atoms. The standard InChI is InChI=1S/C17H22ClN3O2/c1-4-10-19-16(22)12(2)20(3)15-9-11-21(17(15)23)14-8-6-5-7-13(14)18/h4-8,12,15H,1,9-11H2,2-3H3,(H,19,22)/t12-,15-/m1/s1. The van der Waals surface area contributed by atoms with Crippen LogP contribution in [0.5, 0.6) is 0 Å². The summed E-state index contributed by atoms with van der Waals surface area (Å²) in [6.45, 7) is 6.39. The number of rotatable bonds is 6. The van der Waals surface area contributed by atoms with Crippen molar-refractivity contribution in [3.63, 3.8) is 0 Å². The second kappa shape index (κ2) is 7.62. The highest BCUT2D eigenvalue weighted by Crippen LogP contribution is 2.30. The molecule has 1 aliphatic heterocycles. The lowest BCUT2D eigenvalue weighted by atomic mass is 10.1. The van der Waals surface area contributed by atoms with E-state index in [-0.39, 0.29) is 17.9 Å². The zero-order chi connectivity index (χ0) is 17.0. The Morgan fingerprint density at radius 1 is 1.57 bits per heavy atom. The first-order valence-electron chi connectivity index (χ1n) is 7.63. The molecule has 0 aliphatic carbocycles. The van der Waals surface area contributed by atoms with Gasteiger partial charge in [-0.3, -0.25) is 14.5 Å². The number of hydrogen-bond acceptors (Lipinski definition) is 3. The van der Waals surface area contributed by atoms with Gasteiger partial charge in [-0.15, -0.1) is 6.58 Å². The molecule has 5 nitrogen and oxygen atoms in total. The number of amides is 2. The minimum Gasteiger partial charge on any atom is -0.351 e. The zero-order valence-electron chi connectivity index (χ0n) is 13.5. The van der Waals surface area contributed by atoms with E-state index in [4.69, 9.17) is 11.6 Å². The Bertz CT molecular complexity index is 605. The predicted octanol–water partition coefficient (Wildman–Crippen LogP) is 2.07. The molecule has 0 aromatic heterocycles. The zero-order valence-corrected chi connectivity index (χ0v) is 14.2. The normalized spacial score (nSPS) is 19.0. The Hall–Kier alpha value is -1.85. The highest BCUT2D eigenvalue weighted by atomic mass is 35.5. The number of benzene rings is 1. The van der Waals surface area contributed by atoms with E-state index in [2.05, 4.69) is 11.9 Å². The van der Waals surface area contributed by atoms with Crippen LogP contribution in [0.4, 0.5) is 5.69 Å². The summed E-state index contributed by atoms with van der Waals surface area (Å²) in [6.07, 6.45) is 2.30. The van der Waals surface area contributed by atoms with Gasteiger partial charge in [-0.1, -0.05) is 29.8 Å². The Kier molecular flexibility index (Phi) is 5.80. The van der Waals surface area contributed by atoms with Gasteiger partial charge in [0.1, 0.15) is 0 Å². The van der Waals surface area contributed by atoms with E-state index >= 15 is 0 Å². The number of carbonyl (C=O) groups excluding carboxylic acids is 2. The van der Waals surface area contributed by atoms with E-state index in [0.717, 1.165) is 5.69 Å². The fourth-order valence-corrected chi connectivity index (χ4v) is 2.97. The lowest BCUT2D eigenvalue weighted by Crippen LogP contribution is -2.50. The molecular weight excluding hydrogens is 314 g/mol. The third kappa shape index (κ3) is 3.74. The van der Waals surface area contributed by atoms with Gasteiger partial charge in [-0.05, 0) is 32.5 Å². The van der Waals surface area contributed by atoms with Crippen LogP contribution in [0.1, 0.15) is 13.3 Å². The molecule has 1 aliphatic rings. The van der Waals surface area contributed by atoms with E-state index in [1.165, 1.54) is 0 Å². The third-order valence-electron chi connectivity index (χ3n) is 4.22. The molecule has 1 N–H and O–H groups in total. The maximum absolute atomic E-state index is 12.7. The van der Waals surface area contributed by atoms with E-state index < -0.39 is 6.04 Å². The number of anilines is 1. The van der Waals surface area contributed by atoms with Crippen molar-refractivity contribution in [3.05, 3.63) is 41.9 Å². The molecule has 1 fully saturated rings. The Balaban J connectivity index is 2.08. The minimum absolute atomic E-state index is 0.0241. The van der Waals surface area contributed by atoms with Gasteiger partial charge >= 0.3 is 0 Å². The average molecular weight is 336 g/mol. The monoisotopic (exact) mass is 335 g/mol. The van der Waals surface area contributed by atoms with E-state index in [1.807, 2.05) is 23.1 Å². The van der Waals surface area contributed by atoms with Gasteiger partial charge in [0, 0.05) is 13.1 Å². The summed E-state index contributed by atoms with van der Waals surface area (Å²) in [4.78, 5) is 28.3. The van der Waals surface area contributed by atoms with Crippen molar-refractivity contribution < 1.29 is 9.59 Å². The van der Waals surface area contributed by atoms with E-state index in [9.17, 15) is 9.59 Å². The van der Waals surface area contributed by atoms with Crippen molar-refractivity contribution in [1.29, 1.82) is 0 Å². The van der Waals surface area contributed by atoms with Crippen LogP contribution in [0.2, 0.25) is 5.02 Å². The molecule has 1 aromatic carbocycles. The summed E-state index contributed by atoms with van der Waals surface area (Å²) < 4.78 is 0. The molecule has 2 atom stereocenters. The van der Waals surface area contributed by atoms with E-state index in [1.54, 1.807) is 31.0 Å². The summed E-state index contributed by atoms with van der Waals surface area (Å²) in [5.41, 5.74) is 0.721. The summed E-state index contributed by atoms with van der Waals surface area (Å²) in [6, 6.07) is 6.58. The number of halogens is 1. The predicted molar refractivity (Wildman–Crippen MR) is 92.6 cm³/mol. The minimum atomic E-state index is -0.393. The molecule has 6 heteroatoms. The van der Waals surface area contributed by atoms with Crippen molar-refractivity contribution in [2.24, 2.45) is 0 Å². The van der Waals surface area contributed by atoms with Crippen LogP contribution in [0.25, 0.3) is 0 Å². The fraction of sp³-hybridized carbons (Fsp3) is 0.412. The van der Waals surface area contributed by atoms with Crippen molar-refractivity contribution in [3.8, 4) is 0 Å². The van der Waals surface area contributed by atoms with Gasteiger partial charge in [0.05, 0.1) is 22.8 Å². The van der Waals surface area contributed by atoms with Crippen LogP contribution in [-0.2, 0) is 9.59 Å². The van der Waals surface area contributed by atoms with Crippen LogP contribution in [-0.4, -0.2) is 48.9 Å². The lowest BCUT2D eigenvalue weighted by Gasteiger charge is -2.28. The Morgan fingerprint density at radius 2 is 2.26 bits per heavy atom. The first kappa shape index (κ1) is 17.5. The van der Waals surface area contributed by atoms with Crippen LogP contribution < -0.4 is 10.2 Å². The van der Waals surface area contributed by atoms with Crippen molar-refractivity contribution in [2.45, 2.75) is 25.4 Å². The highest BCUT2D eigenvalue weighted by molar-refractivity contribution is 6.33. The molecule has 2 rings (SSSR count). The first-order chi connectivity index (χ1) is 11.0. The number of hydrogen-bond donors (Lipinski definition) is 1. The SMILES string of the molecule is C=CCNC(=O)[C@@H](C)N(C)[C@@H]1CCN(c2ccccc2Cl)C1=O. The second-order valence-corrected chi connectivity index (χ2v) is 6.03. The molecule has 0 bridgehead atoms. The average Bonchev–Trinajstić information content (AvgIpc) is 2.93. The molecule has 0 saturated carbocycles. The molecule has 0 radical (unpaired) electrons. The maximum Gasteiger partial charge on any atom is 0.244 e. The Labute approximate surface area is 141 Å². The van der Waals surface area contributed by atoms with Gasteiger partial charge in [-0.25, -0.2) is 0 Å². The molecular formula is C17H22ClN3O2. The van der Waals surface area contributed by atoms with E-state index in [0.29, 0.717) is 24.5 Å². The van der Waals surface area contributed by atoms with Crippen molar-refractivity contribution >= 4 is 29.1 Å². The lowest BCUT2D eigenvalue weighted by molar-refractivity contribution is -0.128. The van der Waals surface area contributed by atoms with Gasteiger partial charge in [0.2, 0.25) is 11.8 Å². The summed E-state index contributed by atoms with van der Waals surface area (Å²) in [7, 11) is 1.80. The van der Waals surface area contributed by atoms with Crippen LogP contribution in [0.15, 0.2) is 36.9 Å². The number of nitrogens with one attached hydrogen (secondary N) is 1. The highest BCUT2D eigenvalue weighted by Gasteiger charge is 2.38. The van der Waals surface area contributed by atoms with Crippen LogP contribution >= 0.6 is 11.6 Å². The van der Waals surface area contributed by atoms with Gasteiger partial charge in [-0.2, -0.15) is 0 Å². The molecule has 0 unspecified atom stereocenters. The van der Waals surface area contributed by atoms with Crippen molar-refractivity contribution in [1.82, 2.24) is 10.2 Å². The maximum atomic E-state index is 12.7. The molecule has 1 aromatic rings. The van der Waals surface area contributed by atoms with Crippen molar-refractivity contribution in [2.75, 3.05) is 25.0 Å². The number of para-hydroxylation sites is 1. The Morgan fingerprint density at radius 3 is 2.91 bits per heavy atom. The van der Waals surface area contributed by atoms with Gasteiger partial charge in [0.15, 0.2) is 0 Å². The molecule has 2 amide bonds. The second-order valence-electron chi connectivity index (χ2n) is 5.62. The molecule has 1 saturated heterocycles. The number of nitrogens with zero attached hydrogens (tertiary/aromatic N) is 2. The number of carbonyl (C=O) groups is 2. The largest absolute Gasteiger partial charge is 0.351 e. The third-order valence-corrected chi connectivity index (χ3v) is 4.54. The summed E-state index contributed by atoms with van der Waals surface area (Å²) >= 11 is 6.19. The van der Waals surface area contributed by atoms with Gasteiger partial charge in [0.25, 0.3) is 0 Å². The van der Waals surface area contributed by atoms with Crippen LogP contribution in [0, 0.1) is 0 Å². The first-order valence-corrected chi connectivity index (χ1v) is 8.01. The number of likely N-dealkylation sites (N-methyl/N-ethyl adjacent to an activating group) is 1. The van der Waals surface area contributed by atoms with Gasteiger partial charge < -0.3 is 10.2 Å². The molecule has 0 spiro atoms. The summed E-state index contributed by atoms with van der Waals surface area (Å²) in [5, 5.41) is 3.32. The smallest absolute Gasteiger partial charge is 0.244 e. The van der Waals surface area contributed by atoms with Crippen LogP contribution in [0.3, 0.4) is 0 Å². The topological polar surface area (TPSA) is 52.7 Å². The fourth-order valence-electron chi connectivity index (χ4n) is 2.73. The molecule has 1 heterocycles. The molecule has 124 valence electrons.